The number of hydrogen-bond acceptors (Lipinski definition) is 2. The number of nitrogens with zero attached hydrogens (tertiary/aromatic N) is 1. The Bertz CT molecular complexity index is 538. The van der Waals surface area contributed by atoms with Crippen LogP contribution in [-0.2, 0) is 12.6 Å². The molecule has 0 aliphatic heterocycles. The van der Waals surface area contributed by atoms with Crippen molar-refractivity contribution in [1.29, 1.82) is 0 Å². The highest BCUT2D eigenvalue weighted by atomic mass is 19.4. The molecule has 2 aromatic rings. The van der Waals surface area contributed by atoms with E-state index in [0.29, 0.717) is 17.2 Å². The number of benzene rings is 1. The van der Waals surface area contributed by atoms with Gasteiger partial charge >= 0.3 is 6.18 Å². The van der Waals surface area contributed by atoms with Gasteiger partial charge in [0.2, 0.25) is 0 Å². The van der Waals surface area contributed by atoms with E-state index in [1.807, 2.05) is 0 Å². The van der Waals surface area contributed by atoms with Crippen molar-refractivity contribution in [3.05, 3.63) is 52.7 Å². The van der Waals surface area contributed by atoms with E-state index in [9.17, 15) is 13.2 Å². The predicted octanol–water partition coefficient (Wildman–Crippen LogP) is 3.90. The van der Waals surface area contributed by atoms with Crippen LogP contribution in [0.15, 0.2) is 28.7 Å². The van der Waals surface area contributed by atoms with Crippen molar-refractivity contribution in [2.45, 2.75) is 26.4 Å². The first-order valence-electron chi connectivity index (χ1n) is 5.45. The Kier molecular flexibility index (Phi) is 3.15. The summed E-state index contributed by atoms with van der Waals surface area (Å²) in [5.74, 6) is 1.13. The molecular formula is C13H12F3NO. The summed E-state index contributed by atoms with van der Waals surface area (Å²) in [7, 11) is 0. The minimum absolute atomic E-state index is 0.262. The van der Waals surface area contributed by atoms with Crippen LogP contribution in [0.5, 0.6) is 0 Å². The lowest BCUT2D eigenvalue weighted by Gasteiger charge is -2.07. The molecule has 0 spiro atoms. The number of aromatic nitrogens is 1. The molecule has 0 saturated heterocycles. The molecule has 2 nitrogen and oxygen atoms in total. The molecule has 0 aliphatic rings. The van der Waals surface area contributed by atoms with E-state index in [-0.39, 0.29) is 6.42 Å². The topological polar surface area (TPSA) is 26.0 Å². The molecule has 0 bridgehead atoms. The average molecular weight is 255 g/mol. The zero-order valence-electron chi connectivity index (χ0n) is 10.0. The highest BCUT2D eigenvalue weighted by molar-refractivity contribution is 5.27. The van der Waals surface area contributed by atoms with Crippen LogP contribution in [0.3, 0.4) is 0 Å². The predicted molar refractivity (Wildman–Crippen MR) is 60.2 cm³/mol. The summed E-state index contributed by atoms with van der Waals surface area (Å²) in [6, 6.07) is 5.19. The van der Waals surface area contributed by atoms with Crippen LogP contribution in [-0.4, -0.2) is 4.98 Å². The summed E-state index contributed by atoms with van der Waals surface area (Å²) >= 11 is 0. The number of alkyl halides is 3. The number of rotatable bonds is 2. The fraction of sp³-hybridized carbons (Fsp3) is 0.308. The molecule has 0 unspecified atom stereocenters. The normalized spacial score (nSPS) is 11.8. The molecule has 0 atom stereocenters. The molecule has 1 heterocycles. The monoisotopic (exact) mass is 255 g/mol. The molecule has 0 radical (unpaired) electrons. The third-order valence-electron chi connectivity index (χ3n) is 2.68. The van der Waals surface area contributed by atoms with Gasteiger partial charge in [-0.1, -0.05) is 18.2 Å². The minimum Gasteiger partial charge on any atom is -0.445 e. The first kappa shape index (κ1) is 12.7. The van der Waals surface area contributed by atoms with E-state index in [4.69, 9.17) is 4.42 Å². The lowest BCUT2D eigenvalue weighted by molar-refractivity contribution is -0.137. The Morgan fingerprint density at radius 1 is 1.22 bits per heavy atom. The van der Waals surface area contributed by atoms with Gasteiger partial charge in [0, 0.05) is 6.42 Å². The minimum atomic E-state index is -4.32. The Hall–Kier alpha value is -1.78. The van der Waals surface area contributed by atoms with Crippen molar-refractivity contribution >= 4 is 0 Å². The smallest absolute Gasteiger partial charge is 0.416 e. The van der Waals surface area contributed by atoms with E-state index in [1.165, 1.54) is 6.07 Å². The maximum atomic E-state index is 12.5. The molecule has 5 heteroatoms. The Labute approximate surface area is 102 Å². The molecule has 1 aromatic heterocycles. The fourth-order valence-corrected chi connectivity index (χ4v) is 1.65. The van der Waals surface area contributed by atoms with Crippen molar-refractivity contribution in [1.82, 2.24) is 4.98 Å². The molecule has 96 valence electrons. The lowest BCUT2D eigenvalue weighted by Crippen LogP contribution is -2.05. The average Bonchev–Trinajstić information content (AvgIpc) is 2.57. The summed E-state index contributed by atoms with van der Waals surface area (Å²) in [6.45, 7) is 3.58. The zero-order chi connectivity index (χ0) is 13.3. The highest BCUT2D eigenvalue weighted by Gasteiger charge is 2.30. The van der Waals surface area contributed by atoms with E-state index in [1.54, 1.807) is 19.9 Å². The van der Waals surface area contributed by atoms with Crippen molar-refractivity contribution in [3.63, 3.8) is 0 Å². The van der Waals surface area contributed by atoms with Gasteiger partial charge in [-0.3, -0.25) is 0 Å². The SMILES string of the molecule is Cc1nc(Cc2cccc(C(F)(F)F)c2)oc1C. The quantitative estimate of drug-likeness (QED) is 0.813. The molecule has 0 aliphatic carbocycles. The van der Waals surface area contributed by atoms with Gasteiger partial charge in [-0.15, -0.1) is 0 Å². The summed E-state index contributed by atoms with van der Waals surface area (Å²) < 4.78 is 43.0. The third-order valence-corrected chi connectivity index (χ3v) is 2.68. The first-order chi connectivity index (χ1) is 8.36. The Balaban J connectivity index is 2.24. The van der Waals surface area contributed by atoms with E-state index in [2.05, 4.69) is 4.98 Å². The molecular weight excluding hydrogens is 243 g/mol. The molecule has 1 aromatic carbocycles. The van der Waals surface area contributed by atoms with Crippen LogP contribution >= 0.6 is 0 Å². The van der Waals surface area contributed by atoms with Crippen LogP contribution in [0, 0.1) is 13.8 Å². The summed E-state index contributed by atoms with van der Waals surface area (Å²) in [5, 5.41) is 0. The first-order valence-corrected chi connectivity index (χ1v) is 5.45. The number of aryl methyl sites for hydroxylation is 2. The van der Waals surface area contributed by atoms with E-state index in [0.717, 1.165) is 17.8 Å². The van der Waals surface area contributed by atoms with Crippen molar-refractivity contribution in [2.24, 2.45) is 0 Å². The van der Waals surface area contributed by atoms with Gasteiger partial charge in [0.15, 0.2) is 5.89 Å². The second-order valence-corrected chi connectivity index (χ2v) is 4.12. The van der Waals surface area contributed by atoms with Gasteiger partial charge in [-0.25, -0.2) is 4.98 Å². The number of oxazole rings is 1. The molecule has 0 saturated carbocycles. The summed E-state index contributed by atoms with van der Waals surface area (Å²) in [6.07, 6.45) is -4.06. The second kappa shape index (κ2) is 4.48. The largest absolute Gasteiger partial charge is 0.445 e. The number of hydrogen-bond donors (Lipinski definition) is 0. The molecule has 2 rings (SSSR count). The van der Waals surface area contributed by atoms with E-state index < -0.39 is 11.7 Å². The van der Waals surface area contributed by atoms with Crippen LogP contribution in [0.4, 0.5) is 13.2 Å². The lowest BCUT2D eigenvalue weighted by atomic mass is 10.1. The second-order valence-electron chi connectivity index (χ2n) is 4.12. The fourth-order valence-electron chi connectivity index (χ4n) is 1.65. The zero-order valence-corrected chi connectivity index (χ0v) is 10.0. The molecule has 0 N–H and O–H groups in total. The molecule has 0 amide bonds. The van der Waals surface area contributed by atoms with Crippen molar-refractivity contribution in [3.8, 4) is 0 Å². The van der Waals surface area contributed by atoms with Gasteiger partial charge in [0.1, 0.15) is 5.76 Å². The summed E-state index contributed by atoms with van der Waals surface area (Å²) in [4.78, 5) is 4.15. The standard InChI is InChI=1S/C13H12F3NO/c1-8-9(2)18-12(17-8)7-10-4-3-5-11(6-10)13(14,15)16/h3-6H,7H2,1-2H3. The maximum absolute atomic E-state index is 12.5. The Morgan fingerprint density at radius 3 is 2.50 bits per heavy atom. The van der Waals surface area contributed by atoms with Crippen molar-refractivity contribution in [2.75, 3.05) is 0 Å². The van der Waals surface area contributed by atoms with Gasteiger partial charge in [0.05, 0.1) is 11.3 Å². The van der Waals surface area contributed by atoms with E-state index >= 15 is 0 Å². The van der Waals surface area contributed by atoms with Gasteiger partial charge in [-0.05, 0) is 25.5 Å². The van der Waals surface area contributed by atoms with Crippen LogP contribution in [0.2, 0.25) is 0 Å². The van der Waals surface area contributed by atoms with Gasteiger partial charge in [-0.2, -0.15) is 13.2 Å². The van der Waals surface area contributed by atoms with Crippen LogP contribution in [0.1, 0.15) is 28.5 Å². The van der Waals surface area contributed by atoms with Gasteiger partial charge in [0.25, 0.3) is 0 Å². The van der Waals surface area contributed by atoms with Crippen LogP contribution in [0.25, 0.3) is 0 Å². The highest BCUT2D eigenvalue weighted by Crippen LogP contribution is 2.30. The Morgan fingerprint density at radius 2 is 1.94 bits per heavy atom. The maximum Gasteiger partial charge on any atom is 0.416 e. The summed E-state index contributed by atoms with van der Waals surface area (Å²) in [5.41, 5.74) is 0.642. The van der Waals surface area contributed by atoms with Gasteiger partial charge < -0.3 is 4.42 Å². The van der Waals surface area contributed by atoms with Crippen LogP contribution < -0.4 is 0 Å². The van der Waals surface area contributed by atoms with Crippen molar-refractivity contribution < 1.29 is 17.6 Å². The number of halogens is 3. The molecule has 18 heavy (non-hydrogen) atoms. The molecule has 0 fully saturated rings. The third kappa shape index (κ3) is 2.72.